The SMILES string of the molecule is Cc1ccc(CNC(=S)N(Cc2ccccc2)c2ccccc2)cc1. The van der Waals surface area contributed by atoms with Crippen LogP contribution >= 0.6 is 12.2 Å². The van der Waals surface area contributed by atoms with E-state index in [1.807, 2.05) is 24.3 Å². The Kier molecular flexibility index (Phi) is 5.81. The molecule has 0 saturated heterocycles. The number of para-hydroxylation sites is 1. The number of thiocarbonyl (C=S) groups is 1. The molecule has 3 heteroatoms. The zero-order chi connectivity index (χ0) is 17.5. The van der Waals surface area contributed by atoms with Crippen LogP contribution in [0.25, 0.3) is 0 Å². The van der Waals surface area contributed by atoms with Crippen LogP contribution in [0.5, 0.6) is 0 Å². The van der Waals surface area contributed by atoms with Gasteiger partial charge in [-0.1, -0.05) is 78.4 Å². The molecule has 0 atom stereocenters. The van der Waals surface area contributed by atoms with Crippen molar-refractivity contribution in [2.45, 2.75) is 20.0 Å². The molecule has 126 valence electrons. The maximum atomic E-state index is 5.70. The lowest BCUT2D eigenvalue weighted by molar-refractivity contribution is 0.878. The first-order chi connectivity index (χ1) is 12.2. The molecule has 3 aromatic rings. The zero-order valence-electron chi connectivity index (χ0n) is 14.4. The summed E-state index contributed by atoms with van der Waals surface area (Å²) in [5.74, 6) is 0. The Bertz CT molecular complexity index is 798. The summed E-state index contributed by atoms with van der Waals surface area (Å²) in [6, 6.07) is 29.2. The third-order valence-electron chi connectivity index (χ3n) is 4.06. The number of hydrogen-bond donors (Lipinski definition) is 1. The summed E-state index contributed by atoms with van der Waals surface area (Å²) in [5.41, 5.74) is 4.81. The van der Waals surface area contributed by atoms with Crippen LogP contribution in [0.1, 0.15) is 16.7 Å². The average Bonchev–Trinajstić information content (AvgIpc) is 2.67. The first kappa shape index (κ1) is 17.2. The third-order valence-corrected chi connectivity index (χ3v) is 4.43. The number of benzene rings is 3. The quantitative estimate of drug-likeness (QED) is 0.649. The Morgan fingerprint density at radius 1 is 0.800 bits per heavy atom. The Labute approximate surface area is 155 Å². The summed E-state index contributed by atoms with van der Waals surface area (Å²) >= 11 is 5.70. The van der Waals surface area contributed by atoms with Crippen LogP contribution in [-0.2, 0) is 13.1 Å². The Hall–Kier alpha value is -2.65. The van der Waals surface area contributed by atoms with Crippen LogP contribution < -0.4 is 10.2 Å². The molecule has 0 radical (unpaired) electrons. The van der Waals surface area contributed by atoms with E-state index in [1.54, 1.807) is 0 Å². The van der Waals surface area contributed by atoms with Gasteiger partial charge in [0.05, 0.1) is 6.54 Å². The van der Waals surface area contributed by atoms with E-state index in [1.165, 1.54) is 16.7 Å². The van der Waals surface area contributed by atoms with Crippen molar-refractivity contribution >= 4 is 23.0 Å². The predicted molar refractivity (Wildman–Crippen MR) is 110 cm³/mol. The summed E-state index contributed by atoms with van der Waals surface area (Å²) in [7, 11) is 0. The second-order valence-electron chi connectivity index (χ2n) is 6.05. The highest BCUT2D eigenvalue weighted by Gasteiger charge is 2.12. The van der Waals surface area contributed by atoms with Gasteiger partial charge in [0.2, 0.25) is 0 Å². The maximum absolute atomic E-state index is 5.70. The fourth-order valence-electron chi connectivity index (χ4n) is 2.63. The van der Waals surface area contributed by atoms with Gasteiger partial charge in [-0.15, -0.1) is 0 Å². The number of rotatable bonds is 5. The number of hydrogen-bond acceptors (Lipinski definition) is 1. The van der Waals surface area contributed by atoms with E-state index in [2.05, 4.69) is 77.8 Å². The van der Waals surface area contributed by atoms with E-state index in [9.17, 15) is 0 Å². The molecule has 25 heavy (non-hydrogen) atoms. The molecular weight excluding hydrogens is 324 g/mol. The molecule has 0 amide bonds. The largest absolute Gasteiger partial charge is 0.358 e. The van der Waals surface area contributed by atoms with Gasteiger partial charge in [-0.05, 0) is 42.4 Å². The van der Waals surface area contributed by atoms with Gasteiger partial charge in [0, 0.05) is 12.2 Å². The summed E-state index contributed by atoms with van der Waals surface area (Å²) in [6.45, 7) is 3.56. The number of aryl methyl sites for hydroxylation is 1. The molecule has 0 saturated carbocycles. The monoisotopic (exact) mass is 346 g/mol. The first-order valence-corrected chi connectivity index (χ1v) is 8.83. The highest BCUT2D eigenvalue weighted by atomic mass is 32.1. The molecule has 2 nitrogen and oxygen atoms in total. The average molecular weight is 346 g/mol. The van der Waals surface area contributed by atoms with Gasteiger partial charge in [-0.25, -0.2) is 0 Å². The van der Waals surface area contributed by atoms with E-state index >= 15 is 0 Å². The first-order valence-electron chi connectivity index (χ1n) is 8.42. The van der Waals surface area contributed by atoms with Gasteiger partial charge in [-0.2, -0.15) is 0 Å². The molecule has 1 N–H and O–H groups in total. The van der Waals surface area contributed by atoms with Gasteiger partial charge >= 0.3 is 0 Å². The van der Waals surface area contributed by atoms with Crippen LogP contribution in [0.15, 0.2) is 84.9 Å². The van der Waals surface area contributed by atoms with Gasteiger partial charge < -0.3 is 10.2 Å². The van der Waals surface area contributed by atoms with Crippen LogP contribution in [0.2, 0.25) is 0 Å². The van der Waals surface area contributed by atoms with Crippen molar-refractivity contribution in [1.29, 1.82) is 0 Å². The number of anilines is 1. The minimum absolute atomic E-state index is 0.719. The second-order valence-corrected chi connectivity index (χ2v) is 6.44. The molecule has 0 aliphatic carbocycles. The van der Waals surface area contributed by atoms with Crippen LogP contribution in [0.4, 0.5) is 5.69 Å². The molecule has 0 heterocycles. The van der Waals surface area contributed by atoms with Crippen molar-refractivity contribution in [2.24, 2.45) is 0 Å². The summed E-state index contributed by atoms with van der Waals surface area (Å²) in [5, 5.41) is 4.13. The molecule has 3 aromatic carbocycles. The van der Waals surface area contributed by atoms with Crippen LogP contribution in [0, 0.1) is 6.92 Å². The Balaban J connectivity index is 1.74. The van der Waals surface area contributed by atoms with E-state index in [4.69, 9.17) is 12.2 Å². The van der Waals surface area contributed by atoms with Gasteiger partial charge in [0.1, 0.15) is 0 Å². The smallest absolute Gasteiger partial charge is 0.174 e. The molecule has 0 unspecified atom stereocenters. The van der Waals surface area contributed by atoms with E-state index in [0.717, 1.165) is 23.9 Å². The lowest BCUT2D eigenvalue weighted by Gasteiger charge is -2.26. The molecule has 0 spiro atoms. The zero-order valence-corrected chi connectivity index (χ0v) is 15.2. The minimum Gasteiger partial charge on any atom is -0.358 e. The molecule has 0 aromatic heterocycles. The summed E-state index contributed by atoms with van der Waals surface area (Å²) in [6.07, 6.45) is 0. The van der Waals surface area contributed by atoms with E-state index in [0.29, 0.717) is 0 Å². The fraction of sp³-hybridized carbons (Fsp3) is 0.136. The van der Waals surface area contributed by atoms with Crippen molar-refractivity contribution in [3.05, 3.63) is 102 Å². The number of nitrogens with zero attached hydrogens (tertiary/aromatic N) is 1. The molecule has 0 bridgehead atoms. The fourth-order valence-corrected chi connectivity index (χ4v) is 2.88. The standard InChI is InChI=1S/C22H22N2S/c1-18-12-14-19(15-13-18)16-23-22(25)24(21-10-6-3-7-11-21)17-20-8-4-2-5-9-20/h2-15H,16-17H2,1H3,(H,23,25). The predicted octanol–water partition coefficient (Wildman–Crippen LogP) is 5.08. The number of nitrogens with one attached hydrogen (secondary N) is 1. The topological polar surface area (TPSA) is 15.3 Å². The van der Waals surface area contributed by atoms with Crippen molar-refractivity contribution in [3.63, 3.8) is 0 Å². The van der Waals surface area contributed by atoms with E-state index < -0.39 is 0 Å². The third kappa shape index (κ3) is 4.91. The lowest BCUT2D eigenvalue weighted by Crippen LogP contribution is -2.39. The summed E-state index contributed by atoms with van der Waals surface area (Å²) < 4.78 is 0. The van der Waals surface area contributed by atoms with E-state index in [-0.39, 0.29) is 0 Å². The Morgan fingerprint density at radius 3 is 2.04 bits per heavy atom. The van der Waals surface area contributed by atoms with Crippen molar-refractivity contribution in [3.8, 4) is 0 Å². The maximum Gasteiger partial charge on any atom is 0.174 e. The lowest BCUT2D eigenvalue weighted by atomic mass is 10.1. The molecule has 0 aliphatic heterocycles. The highest BCUT2D eigenvalue weighted by Crippen LogP contribution is 2.17. The molecule has 3 rings (SSSR count). The van der Waals surface area contributed by atoms with Crippen LogP contribution in [-0.4, -0.2) is 5.11 Å². The summed E-state index contributed by atoms with van der Waals surface area (Å²) in [4.78, 5) is 2.14. The molecule has 0 aliphatic rings. The van der Waals surface area contributed by atoms with Gasteiger partial charge in [0.15, 0.2) is 5.11 Å². The normalized spacial score (nSPS) is 10.3. The highest BCUT2D eigenvalue weighted by molar-refractivity contribution is 7.80. The van der Waals surface area contributed by atoms with Gasteiger partial charge in [0.25, 0.3) is 0 Å². The van der Waals surface area contributed by atoms with Gasteiger partial charge in [-0.3, -0.25) is 0 Å². The van der Waals surface area contributed by atoms with Crippen molar-refractivity contribution in [2.75, 3.05) is 4.90 Å². The molecule has 0 fully saturated rings. The minimum atomic E-state index is 0.719. The van der Waals surface area contributed by atoms with Crippen molar-refractivity contribution in [1.82, 2.24) is 5.32 Å². The molecular formula is C22H22N2S. The second kappa shape index (κ2) is 8.45. The Morgan fingerprint density at radius 2 is 1.40 bits per heavy atom. The van der Waals surface area contributed by atoms with Crippen molar-refractivity contribution < 1.29 is 0 Å². The van der Waals surface area contributed by atoms with Crippen LogP contribution in [0.3, 0.4) is 0 Å².